The first-order valence-corrected chi connectivity index (χ1v) is 11.8. The van der Waals surface area contributed by atoms with Gasteiger partial charge in [-0.3, -0.25) is 4.79 Å². The summed E-state index contributed by atoms with van der Waals surface area (Å²) in [5.74, 6) is 1.37. The summed E-state index contributed by atoms with van der Waals surface area (Å²) in [6.45, 7) is 4.63. The first-order chi connectivity index (χ1) is 15.6. The van der Waals surface area contributed by atoms with Crippen LogP contribution < -0.4 is 9.47 Å². The number of rotatable bonds is 10. The van der Waals surface area contributed by atoms with E-state index in [1.807, 2.05) is 0 Å². The molecule has 1 saturated carbocycles. The van der Waals surface area contributed by atoms with Crippen LogP contribution in [-0.4, -0.2) is 22.5 Å². The first-order valence-electron chi connectivity index (χ1n) is 11.8. The zero-order valence-corrected chi connectivity index (χ0v) is 19.2. The van der Waals surface area contributed by atoms with Crippen molar-refractivity contribution in [3.05, 3.63) is 36.2 Å². The molecule has 0 saturated heterocycles. The van der Waals surface area contributed by atoms with Gasteiger partial charge in [0.15, 0.2) is 0 Å². The number of carbonyl (C=O) groups is 1. The molecule has 1 aliphatic rings. The molecule has 1 aromatic carbocycles. The molecule has 1 aliphatic carbocycles. The van der Waals surface area contributed by atoms with Gasteiger partial charge in [0.1, 0.15) is 11.8 Å². The molecule has 1 fully saturated rings. The SMILES string of the molecule is CCCCCC1CCC(COc2ncc(-c3ccc(OC(=O)CC)c(C#N)c3)cn2)CC1. The molecule has 0 amide bonds. The van der Waals surface area contributed by atoms with E-state index in [0.29, 0.717) is 24.1 Å². The van der Waals surface area contributed by atoms with Gasteiger partial charge in [0, 0.05) is 24.4 Å². The highest BCUT2D eigenvalue weighted by Gasteiger charge is 2.21. The minimum absolute atomic E-state index is 0.252. The molecular weight excluding hydrogens is 402 g/mol. The van der Waals surface area contributed by atoms with Gasteiger partial charge in [0.2, 0.25) is 0 Å². The molecule has 6 nitrogen and oxygen atoms in total. The highest BCUT2D eigenvalue weighted by Crippen LogP contribution is 2.32. The molecule has 0 bridgehead atoms. The van der Waals surface area contributed by atoms with E-state index < -0.39 is 0 Å². The van der Waals surface area contributed by atoms with Gasteiger partial charge in [-0.25, -0.2) is 9.97 Å². The van der Waals surface area contributed by atoms with Crippen molar-refractivity contribution >= 4 is 5.97 Å². The molecule has 0 aliphatic heterocycles. The molecule has 1 heterocycles. The molecule has 6 heteroatoms. The topological polar surface area (TPSA) is 85.1 Å². The van der Waals surface area contributed by atoms with Gasteiger partial charge in [0.25, 0.3) is 0 Å². The third kappa shape index (κ3) is 6.78. The fraction of sp³-hybridized carbons (Fsp3) is 0.538. The number of hydrogen-bond acceptors (Lipinski definition) is 6. The van der Waals surface area contributed by atoms with E-state index in [2.05, 4.69) is 23.0 Å². The number of hydrogen-bond donors (Lipinski definition) is 0. The second kappa shape index (κ2) is 12.2. The monoisotopic (exact) mass is 435 g/mol. The Bertz CT molecular complexity index is 913. The standard InChI is InChI=1S/C26H33N3O3/c1-3-5-6-7-19-8-10-20(11-9-19)18-31-26-28-16-23(17-29-26)21-12-13-24(22(14-21)15-27)32-25(30)4-2/h12-14,16-17,19-20H,3-11,18H2,1-2H3. The number of aromatic nitrogens is 2. The highest BCUT2D eigenvalue weighted by molar-refractivity contribution is 5.74. The van der Waals surface area contributed by atoms with Gasteiger partial charge >= 0.3 is 12.0 Å². The zero-order valence-electron chi connectivity index (χ0n) is 19.2. The summed E-state index contributed by atoms with van der Waals surface area (Å²) in [6, 6.07) is 7.56. The molecule has 0 N–H and O–H groups in total. The van der Waals surface area contributed by atoms with E-state index in [0.717, 1.165) is 17.0 Å². The van der Waals surface area contributed by atoms with Crippen LogP contribution in [0.3, 0.4) is 0 Å². The van der Waals surface area contributed by atoms with Crippen LogP contribution >= 0.6 is 0 Å². The van der Waals surface area contributed by atoms with Crippen LogP contribution in [0, 0.1) is 23.2 Å². The second-order valence-corrected chi connectivity index (χ2v) is 8.60. The van der Waals surface area contributed by atoms with Gasteiger partial charge < -0.3 is 9.47 Å². The highest BCUT2D eigenvalue weighted by atomic mass is 16.5. The normalized spacial score (nSPS) is 18.0. The number of esters is 1. The van der Waals surface area contributed by atoms with Gasteiger partial charge in [-0.2, -0.15) is 5.26 Å². The van der Waals surface area contributed by atoms with Crippen molar-refractivity contribution in [1.82, 2.24) is 9.97 Å². The average molecular weight is 436 g/mol. The van der Waals surface area contributed by atoms with Crippen LogP contribution in [0.25, 0.3) is 11.1 Å². The van der Waals surface area contributed by atoms with Crippen LogP contribution in [0.15, 0.2) is 30.6 Å². The van der Waals surface area contributed by atoms with Crippen LogP contribution in [0.5, 0.6) is 11.8 Å². The van der Waals surface area contributed by atoms with Crippen molar-refractivity contribution in [2.45, 2.75) is 71.6 Å². The largest absolute Gasteiger partial charge is 0.463 e. The fourth-order valence-electron chi connectivity index (χ4n) is 4.18. The Morgan fingerprint density at radius 1 is 1.06 bits per heavy atom. The maximum atomic E-state index is 11.5. The Morgan fingerprint density at radius 3 is 2.44 bits per heavy atom. The minimum atomic E-state index is -0.371. The maximum absolute atomic E-state index is 11.5. The Balaban J connectivity index is 1.51. The molecule has 32 heavy (non-hydrogen) atoms. The summed E-state index contributed by atoms with van der Waals surface area (Å²) in [6.07, 6.45) is 14.1. The van der Waals surface area contributed by atoms with Gasteiger partial charge in [-0.1, -0.05) is 58.4 Å². The summed E-state index contributed by atoms with van der Waals surface area (Å²) in [7, 11) is 0. The number of nitriles is 1. The lowest BCUT2D eigenvalue weighted by atomic mass is 9.80. The van der Waals surface area contributed by atoms with Crippen molar-refractivity contribution < 1.29 is 14.3 Å². The van der Waals surface area contributed by atoms with E-state index in [1.165, 1.54) is 51.4 Å². The number of benzene rings is 1. The Hall–Kier alpha value is -2.94. The molecule has 0 radical (unpaired) electrons. The van der Waals surface area contributed by atoms with Crippen molar-refractivity contribution in [3.8, 4) is 29.0 Å². The van der Waals surface area contributed by atoms with Crippen molar-refractivity contribution in [1.29, 1.82) is 5.26 Å². The molecule has 170 valence electrons. The predicted octanol–water partition coefficient (Wildman–Crippen LogP) is 6.10. The van der Waals surface area contributed by atoms with Gasteiger partial charge in [-0.05, 0) is 42.4 Å². The third-order valence-electron chi connectivity index (χ3n) is 6.20. The van der Waals surface area contributed by atoms with Crippen molar-refractivity contribution in [3.63, 3.8) is 0 Å². The molecule has 3 rings (SSSR count). The van der Waals surface area contributed by atoms with Crippen LogP contribution in [0.1, 0.15) is 77.2 Å². The summed E-state index contributed by atoms with van der Waals surface area (Å²) >= 11 is 0. The zero-order chi connectivity index (χ0) is 22.8. The molecule has 0 spiro atoms. The van der Waals surface area contributed by atoms with Crippen LogP contribution in [-0.2, 0) is 4.79 Å². The van der Waals surface area contributed by atoms with E-state index in [4.69, 9.17) is 9.47 Å². The molecule has 0 unspecified atom stereocenters. The number of unbranched alkanes of at least 4 members (excludes halogenated alkanes) is 2. The second-order valence-electron chi connectivity index (χ2n) is 8.60. The quantitative estimate of drug-likeness (QED) is 0.255. The lowest BCUT2D eigenvalue weighted by molar-refractivity contribution is -0.134. The lowest BCUT2D eigenvalue weighted by Gasteiger charge is -2.28. The number of carbonyl (C=O) groups excluding carboxylic acids is 1. The smallest absolute Gasteiger partial charge is 0.316 e. The van der Waals surface area contributed by atoms with Crippen molar-refractivity contribution in [2.75, 3.05) is 6.61 Å². The number of ether oxygens (including phenoxy) is 2. The molecule has 0 atom stereocenters. The lowest BCUT2D eigenvalue weighted by Crippen LogP contribution is -2.20. The number of nitrogens with zero attached hydrogens (tertiary/aromatic N) is 3. The van der Waals surface area contributed by atoms with E-state index in [-0.39, 0.29) is 18.1 Å². The molecule has 1 aromatic heterocycles. The first kappa shape index (κ1) is 23.7. The predicted molar refractivity (Wildman–Crippen MR) is 123 cm³/mol. The van der Waals surface area contributed by atoms with Crippen LogP contribution in [0.2, 0.25) is 0 Å². The van der Waals surface area contributed by atoms with Gasteiger partial charge in [-0.15, -0.1) is 0 Å². The summed E-state index contributed by atoms with van der Waals surface area (Å²) in [5, 5.41) is 9.39. The fourth-order valence-corrected chi connectivity index (χ4v) is 4.18. The minimum Gasteiger partial charge on any atom is -0.463 e. The Morgan fingerprint density at radius 2 is 1.78 bits per heavy atom. The molecular formula is C26H33N3O3. The van der Waals surface area contributed by atoms with E-state index >= 15 is 0 Å². The van der Waals surface area contributed by atoms with E-state index in [1.54, 1.807) is 37.5 Å². The van der Waals surface area contributed by atoms with E-state index in [9.17, 15) is 10.1 Å². The third-order valence-corrected chi connectivity index (χ3v) is 6.20. The van der Waals surface area contributed by atoms with Crippen LogP contribution in [0.4, 0.5) is 0 Å². The average Bonchev–Trinajstić information content (AvgIpc) is 2.84. The summed E-state index contributed by atoms with van der Waals surface area (Å²) in [5.41, 5.74) is 1.86. The Kier molecular flexibility index (Phi) is 9.03. The summed E-state index contributed by atoms with van der Waals surface area (Å²) in [4.78, 5) is 20.2. The molecule has 2 aromatic rings. The Labute approximate surface area is 191 Å². The van der Waals surface area contributed by atoms with Crippen molar-refractivity contribution in [2.24, 2.45) is 11.8 Å². The van der Waals surface area contributed by atoms with Gasteiger partial charge in [0.05, 0.1) is 12.2 Å². The maximum Gasteiger partial charge on any atom is 0.316 e. The summed E-state index contributed by atoms with van der Waals surface area (Å²) < 4.78 is 11.1.